The molecule has 0 spiro atoms. The molecule has 0 aliphatic carbocycles. The highest BCUT2D eigenvalue weighted by Gasteiger charge is 2.12. The molecule has 0 saturated heterocycles. The number of aryl methyl sites for hydroxylation is 1. The van der Waals surface area contributed by atoms with E-state index in [1.54, 1.807) is 31.3 Å². The Morgan fingerprint density at radius 1 is 1.15 bits per heavy atom. The van der Waals surface area contributed by atoms with Gasteiger partial charge in [-0.1, -0.05) is 30.3 Å². The topological polar surface area (TPSA) is 102 Å². The number of fused-ring (bicyclic) bond motifs is 1. The molecule has 0 unspecified atom stereocenters. The van der Waals surface area contributed by atoms with Crippen LogP contribution in [0.5, 0.6) is 0 Å². The van der Waals surface area contributed by atoms with Gasteiger partial charge in [-0.25, -0.2) is 13.6 Å². The van der Waals surface area contributed by atoms with Crippen LogP contribution in [-0.2, 0) is 14.8 Å². The highest BCUT2D eigenvalue weighted by Crippen LogP contribution is 2.20. The van der Waals surface area contributed by atoms with Gasteiger partial charge in [-0.3, -0.25) is 9.78 Å². The summed E-state index contributed by atoms with van der Waals surface area (Å²) in [5.41, 5.74) is 2.48. The number of pyridine rings is 1. The summed E-state index contributed by atoms with van der Waals surface area (Å²) in [6, 6.07) is 14.0. The number of para-hydroxylation sites is 1. The molecule has 26 heavy (non-hydrogen) atoms. The molecule has 1 heterocycles. The molecule has 2 aromatic carbocycles. The molecule has 0 saturated carbocycles. The standard InChI is InChI=1S/C19H17N3O3S/c1-13-7-9-16(12-17(13)26(20,24)25)22-18(23)10-8-15-5-2-4-14-6-3-11-21-19(14)15/h2-12H,1H3,(H,22,23)(H2,20,24,25)/b10-8+. The van der Waals surface area contributed by atoms with E-state index in [4.69, 9.17) is 5.14 Å². The Hall–Kier alpha value is -3.03. The van der Waals surface area contributed by atoms with E-state index in [9.17, 15) is 13.2 Å². The summed E-state index contributed by atoms with van der Waals surface area (Å²) < 4.78 is 23.1. The van der Waals surface area contributed by atoms with Gasteiger partial charge in [0.25, 0.3) is 0 Å². The summed E-state index contributed by atoms with van der Waals surface area (Å²) >= 11 is 0. The summed E-state index contributed by atoms with van der Waals surface area (Å²) in [6.45, 7) is 1.64. The highest BCUT2D eigenvalue weighted by atomic mass is 32.2. The third kappa shape index (κ3) is 3.96. The molecular formula is C19H17N3O3S. The van der Waals surface area contributed by atoms with Crippen LogP contribution < -0.4 is 10.5 Å². The molecule has 0 aliphatic heterocycles. The molecule has 0 bridgehead atoms. The lowest BCUT2D eigenvalue weighted by Crippen LogP contribution is -2.15. The molecule has 3 N–H and O–H groups in total. The summed E-state index contributed by atoms with van der Waals surface area (Å²) in [6.07, 6.45) is 4.74. The summed E-state index contributed by atoms with van der Waals surface area (Å²) in [5.74, 6) is -0.387. The SMILES string of the molecule is Cc1ccc(NC(=O)/C=C/c2cccc3cccnc23)cc1S(N)(=O)=O. The van der Waals surface area contributed by atoms with Gasteiger partial charge in [0, 0.05) is 28.9 Å². The molecule has 1 amide bonds. The van der Waals surface area contributed by atoms with Crippen molar-refractivity contribution in [2.24, 2.45) is 5.14 Å². The molecule has 6 nitrogen and oxygen atoms in total. The molecule has 3 aromatic rings. The van der Waals surface area contributed by atoms with Gasteiger partial charge < -0.3 is 5.32 Å². The number of hydrogen-bond donors (Lipinski definition) is 2. The predicted molar refractivity (Wildman–Crippen MR) is 102 cm³/mol. The first-order valence-corrected chi connectivity index (χ1v) is 9.35. The van der Waals surface area contributed by atoms with Gasteiger partial charge in [-0.05, 0) is 36.8 Å². The van der Waals surface area contributed by atoms with Crippen molar-refractivity contribution in [2.45, 2.75) is 11.8 Å². The number of carbonyl (C=O) groups excluding carboxylic acids is 1. The maximum atomic E-state index is 12.2. The zero-order valence-corrected chi connectivity index (χ0v) is 14.8. The number of rotatable bonds is 4. The van der Waals surface area contributed by atoms with Crippen LogP contribution in [0.3, 0.4) is 0 Å². The van der Waals surface area contributed by atoms with E-state index in [1.807, 2.05) is 30.3 Å². The number of anilines is 1. The van der Waals surface area contributed by atoms with Crippen molar-refractivity contribution in [1.29, 1.82) is 0 Å². The monoisotopic (exact) mass is 367 g/mol. The predicted octanol–water partition coefficient (Wildman–Crippen LogP) is 2.84. The lowest BCUT2D eigenvalue weighted by molar-refractivity contribution is -0.111. The minimum Gasteiger partial charge on any atom is -0.322 e. The number of benzene rings is 2. The van der Waals surface area contributed by atoms with Crippen LogP contribution >= 0.6 is 0 Å². The van der Waals surface area contributed by atoms with Gasteiger partial charge in [-0.15, -0.1) is 0 Å². The largest absolute Gasteiger partial charge is 0.322 e. The van der Waals surface area contributed by atoms with E-state index in [0.29, 0.717) is 11.3 Å². The second-order valence-electron chi connectivity index (χ2n) is 5.77. The molecule has 1 aromatic heterocycles. The molecule has 3 rings (SSSR count). The molecule has 132 valence electrons. The van der Waals surface area contributed by atoms with Crippen molar-refractivity contribution in [1.82, 2.24) is 4.98 Å². The minimum atomic E-state index is -3.85. The number of carbonyl (C=O) groups is 1. The summed E-state index contributed by atoms with van der Waals surface area (Å²) in [5, 5.41) is 8.80. The van der Waals surface area contributed by atoms with E-state index in [0.717, 1.165) is 16.5 Å². The zero-order valence-electron chi connectivity index (χ0n) is 14.0. The van der Waals surface area contributed by atoms with Crippen LogP contribution in [0.25, 0.3) is 17.0 Å². The molecule has 0 fully saturated rings. The second-order valence-corrected chi connectivity index (χ2v) is 7.30. The van der Waals surface area contributed by atoms with E-state index in [-0.39, 0.29) is 10.8 Å². The van der Waals surface area contributed by atoms with Crippen molar-refractivity contribution < 1.29 is 13.2 Å². The number of primary sulfonamides is 1. The number of hydrogen-bond acceptors (Lipinski definition) is 4. The zero-order chi connectivity index (χ0) is 18.7. The van der Waals surface area contributed by atoms with E-state index in [1.165, 1.54) is 12.1 Å². The lowest BCUT2D eigenvalue weighted by Gasteiger charge is -2.07. The molecule has 0 radical (unpaired) electrons. The first-order chi connectivity index (χ1) is 12.3. The number of amides is 1. The van der Waals surface area contributed by atoms with Crippen molar-refractivity contribution in [2.75, 3.05) is 5.32 Å². The normalized spacial score (nSPS) is 11.8. The smallest absolute Gasteiger partial charge is 0.248 e. The first kappa shape index (κ1) is 17.8. The van der Waals surface area contributed by atoms with Crippen LogP contribution in [0.15, 0.2) is 65.7 Å². The molecule has 0 atom stereocenters. The van der Waals surface area contributed by atoms with E-state index < -0.39 is 10.0 Å². The Morgan fingerprint density at radius 3 is 2.69 bits per heavy atom. The Bertz CT molecular complexity index is 1120. The number of sulfonamides is 1. The maximum Gasteiger partial charge on any atom is 0.248 e. The van der Waals surface area contributed by atoms with Crippen LogP contribution in [0, 0.1) is 6.92 Å². The fraction of sp³-hybridized carbons (Fsp3) is 0.0526. The third-order valence-corrected chi connectivity index (χ3v) is 4.89. The van der Waals surface area contributed by atoms with Gasteiger partial charge in [0.15, 0.2) is 0 Å². The van der Waals surface area contributed by atoms with Crippen LogP contribution in [-0.4, -0.2) is 19.3 Å². The van der Waals surface area contributed by atoms with Crippen molar-refractivity contribution >= 4 is 38.6 Å². The van der Waals surface area contributed by atoms with Crippen LogP contribution in [0.2, 0.25) is 0 Å². The Labute approximate surface area is 151 Å². The van der Waals surface area contributed by atoms with E-state index >= 15 is 0 Å². The van der Waals surface area contributed by atoms with Crippen molar-refractivity contribution in [3.8, 4) is 0 Å². The Balaban J connectivity index is 1.82. The van der Waals surface area contributed by atoms with Gasteiger partial charge >= 0.3 is 0 Å². The highest BCUT2D eigenvalue weighted by molar-refractivity contribution is 7.89. The fourth-order valence-corrected chi connectivity index (χ4v) is 3.40. The number of nitrogens with two attached hydrogens (primary N) is 1. The number of nitrogens with zero attached hydrogens (tertiary/aromatic N) is 1. The second kappa shape index (κ2) is 7.07. The maximum absolute atomic E-state index is 12.2. The molecular weight excluding hydrogens is 350 g/mol. The van der Waals surface area contributed by atoms with Crippen molar-refractivity contribution in [3.05, 3.63) is 71.9 Å². The lowest BCUT2D eigenvalue weighted by atomic mass is 10.1. The minimum absolute atomic E-state index is 0.0162. The summed E-state index contributed by atoms with van der Waals surface area (Å²) in [7, 11) is -3.85. The average Bonchev–Trinajstić information content (AvgIpc) is 2.60. The number of aromatic nitrogens is 1. The fourth-order valence-electron chi connectivity index (χ4n) is 2.60. The van der Waals surface area contributed by atoms with Crippen molar-refractivity contribution in [3.63, 3.8) is 0 Å². The number of nitrogens with one attached hydrogen (secondary N) is 1. The Kier molecular flexibility index (Phi) is 4.83. The third-order valence-electron chi connectivity index (χ3n) is 3.84. The van der Waals surface area contributed by atoms with Gasteiger partial charge in [0.2, 0.25) is 15.9 Å². The van der Waals surface area contributed by atoms with E-state index in [2.05, 4.69) is 10.3 Å². The first-order valence-electron chi connectivity index (χ1n) is 7.81. The van der Waals surface area contributed by atoms with Gasteiger partial charge in [0.05, 0.1) is 10.4 Å². The van der Waals surface area contributed by atoms with Crippen LogP contribution in [0.4, 0.5) is 5.69 Å². The van der Waals surface area contributed by atoms with Gasteiger partial charge in [0.1, 0.15) is 0 Å². The van der Waals surface area contributed by atoms with Crippen LogP contribution in [0.1, 0.15) is 11.1 Å². The summed E-state index contributed by atoms with van der Waals surface area (Å²) in [4.78, 5) is 16.5. The molecule has 7 heteroatoms. The molecule has 0 aliphatic rings. The van der Waals surface area contributed by atoms with Gasteiger partial charge in [-0.2, -0.15) is 0 Å². The average molecular weight is 367 g/mol. The quantitative estimate of drug-likeness (QED) is 0.692. The Morgan fingerprint density at radius 2 is 1.92 bits per heavy atom.